The van der Waals surface area contributed by atoms with Gasteiger partial charge in [-0.2, -0.15) is 0 Å². The number of alkyl carbamates (subject to hydrolysis) is 1. The summed E-state index contributed by atoms with van der Waals surface area (Å²) >= 11 is 0. The van der Waals surface area contributed by atoms with Gasteiger partial charge in [0.15, 0.2) is 5.34 Å². The van der Waals surface area contributed by atoms with Gasteiger partial charge in [0.25, 0.3) is 5.91 Å². The average Bonchev–Trinajstić information content (AvgIpc) is 2.57. The third kappa shape index (κ3) is 8.96. The lowest BCUT2D eigenvalue weighted by molar-refractivity contribution is -0.131. The average molecular weight is 388 g/mol. The van der Waals surface area contributed by atoms with Crippen LogP contribution < -0.4 is 10.1 Å². The summed E-state index contributed by atoms with van der Waals surface area (Å²) in [7, 11) is 2.84. The van der Waals surface area contributed by atoms with Crippen LogP contribution in [0.2, 0.25) is 0 Å². The summed E-state index contributed by atoms with van der Waals surface area (Å²) in [6.45, 7) is 1.51. The highest BCUT2D eigenvalue weighted by Gasteiger charge is 2.16. The highest BCUT2D eigenvalue weighted by Crippen LogP contribution is 2.20. The monoisotopic (exact) mass is 388 g/mol. The molecule has 1 rings (SSSR count). The first-order chi connectivity index (χ1) is 12.0. The predicted molar refractivity (Wildman–Crippen MR) is 93.2 cm³/mol. The maximum Gasteiger partial charge on any atom is 0.414 e. The molecule has 0 aliphatic rings. The normalized spacial score (nSPS) is 9.80. The van der Waals surface area contributed by atoms with Crippen LogP contribution in [0.3, 0.4) is 0 Å². The second-order valence-corrected chi connectivity index (χ2v) is 6.93. The zero-order valence-electron chi connectivity index (χ0n) is 13.3. The van der Waals surface area contributed by atoms with Crippen LogP contribution in [0.5, 0.6) is 5.75 Å². The Kier molecular flexibility index (Phi) is 10.1. The lowest BCUT2D eigenvalue weighted by Crippen LogP contribution is -2.32. The second-order valence-electron chi connectivity index (χ2n) is 4.23. The minimum Gasteiger partial charge on any atom is -0.448 e. The smallest absolute Gasteiger partial charge is 0.414 e. The zero-order valence-corrected chi connectivity index (χ0v) is 14.9. The van der Waals surface area contributed by atoms with Gasteiger partial charge in [0.2, 0.25) is 0 Å². The summed E-state index contributed by atoms with van der Waals surface area (Å²) in [4.78, 5) is 48.6. The summed E-state index contributed by atoms with van der Waals surface area (Å²) in [6.07, 6.45) is -0.901. The fourth-order valence-corrected chi connectivity index (χ4v) is 3.13. The van der Waals surface area contributed by atoms with E-state index < -0.39 is 18.0 Å². The van der Waals surface area contributed by atoms with Gasteiger partial charge in [0.1, 0.15) is 19.0 Å². The molecule has 0 fully saturated rings. The molecule has 0 spiro atoms. The molecule has 0 atom stereocenters. The molecule has 1 aromatic rings. The van der Waals surface area contributed by atoms with E-state index in [1.165, 1.54) is 40.6 Å². The van der Waals surface area contributed by atoms with Crippen LogP contribution >= 0.6 is 21.6 Å². The molecule has 2 amide bonds. The van der Waals surface area contributed by atoms with Crippen molar-refractivity contribution in [3.8, 4) is 5.75 Å². The van der Waals surface area contributed by atoms with Crippen LogP contribution in [0, 0.1) is 4.91 Å². The van der Waals surface area contributed by atoms with Crippen molar-refractivity contribution in [3.63, 3.8) is 0 Å². The lowest BCUT2D eigenvalue weighted by atomic mass is 10.2. The molecule has 1 aromatic carbocycles. The lowest BCUT2D eigenvalue weighted by Gasteiger charge is -2.09. The van der Waals surface area contributed by atoms with Crippen LogP contribution in [0.25, 0.3) is 0 Å². The molecule has 0 saturated heterocycles. The maximum atomic E-state index is 12.0. The van der Waals surface area contributed by atoms with E-state index in [-0.39, 0.29) is 24.5 Å². The third-order valence-electron chi connectivity index (χ3n) is 2.39. The Labute approximate surface area is 151 Å². The number of para-hydroxylation sites is 1. The third-order valence-corrected chi connectivity index (χ3v) is 4.73. The number of imide groups is 1. The fraction of sp³-hybridized carbons (Fsp3) is 0.357. The minimum absolute atomic E-state index is 0.0448. The Morgan fingerprint density at radius 3 is 2.48 bits per heavy atom. The molecular weight excluding hydrogens is 372 g/mol. The van der Waals surface area contributed by atoms with Gasteiger partial charge in [-0.3, -0.25) is 14.9 Å². The van der Waals surface area contributed by atoms with Crippen LogP contribution in [0.4, 0.5) is 4.79 Å². The van der Waals surface area contributed by atoms with E-state index in [1.807, 2.05) is 0 Å². The van der Waals surface area contributed by atoms with Gasteiger partial charge < -0.3 is 14.3 Å². The molecule has 0 aliphatic carbocycles. The van der Waals surface area contributed by atoms with Crippen molar-refractivity contribution in [2.75, 3.05) is 24.7 Å². The molecule has 0 aliphatic heterocycles. The Morgan fingerprint density at radius 2 is 1.80 bits per heavy atom. The Hall–Kier alpha value is -2.27. The molecule has 9 nitrogen and oxygen atoms in total. The molecule has 11 heteroatoms. The van der Waals surface area contributed by atoms with E-state index in [4.69, 9.17) is 9.47 Å². The molecule has 25 heavy (non-hydrogen) atoms. The molecule has 0 unspecified atom stereocenters. The van der Waals surface area contributed by atoms with Gasteiger partial charge in [-0.1, -0.05) is 33.7 Å². The van der Waals surface area contributed by atoms with Crippen molar-refractivity contribution < 1.29 is 28.7 Å². The summed E-state index contributed by atoms with van der Waals surface area (Å²) in [6, 6.07) is 6.03. The van der Waals surface area contributed by atoms with Crippen molar-refractivity contribution in [1.82, 2.24) is 5.32 Å². The molecular formula is C14H16N2O7S2. The molecule has 1 N–H and O–H groups in total. The Bertz CT molecular complexity index is 613. The van der Waals surface area contributed by atoms with Gasteiger partial charge in [0, 0.05) is 18.4 Å². The molecule has 0 bridgehead atoms. The van der Waals surface area contributed by atoms with Gasteiger partial charge in [-0.15, -0.1) is 4.91 Å². The largest absolute Gasteiger partial charge is 0.448 e. The van der Waals surface area contributed by atoms with E-state index in [9.17, 15) is 19.3 Å². The quantitative estimate of drug-likeness (QED) is 0.161. The zero-order chi connectivity index (χ0) is 18.5. The number of nitrogens with zero attached hydrogens (tertiary/aromatic N) is 1. The first-order valence-corrected chi connectivity index (χ1v) is 9.48. The predicted octanol–water partition coefficient (Wildman–Crippen LogP) is 2.56. The van der Waals surface area contributed by atoms with Crippen LogP contribution in [-0.2, 0) is 14.4 Å². The van der Waals surface area contributed by atoms with Crippen molar-refractivity contribution in [2.24, 2.45) is 5.34 Å². The second kappa shape index (κ2) is 12.1. The summed E-state index contributed by atoms with van der Waals surface area (Å²) in [5.41, 5.74) is 0.0448. The van der Waals surface area contributed by atoms with Crippen LogP contribution in [0.1, 0.15) is 17.3 Å². The summed E-state index contributed by atoms with van der Waals surface area (Å²) in [5, 5.41) is 4.31. The van der Waals surface area contributed by atoms with Crippen LogP contribution in [0.15, 0.2) is 29.6 Å². The van der Waals surface area contributed by atoms with E-state index in [1.54, 1.807) is 12.1 Å². The number of carbonyl (C=O) groups is 3. The maximum absolute atomic E-state index is 12.0. The van der Waals surface area contributed by atoms with E-state index in [0.717, 1.165) is 0 Å². The molecule has 0 radical (unpaired) electrons. The number of esters is 1. The first kappa shape index (κ1) is 20.8. The topological polar surface area (TPSA) is 120 Å². The van der Waals surface area contributed by atoms with Gasteiger partial charge >= 0.3 is 12.1 Å². The number of carbonyl (C=O) groups excluding carboxylic acids is 3. The first-order valence-electron chi connectivity index (χ1n) is 6.99. The standard InChI is InChI=1S/C14H16N2O7S2/c1-10(17)23-12-5-3-2-4-11(12)13(18)15-14(19)21-6-8-24-25-9-7-22-16-20/h2-5H,6-9H2,1H3,(H,15,18,19). The van der Waals surface area contributed by atoms with Crippen molar-refractivity contribution >= 4 is 39.6 Å². The van der Waals surface area contributed by atoms with Gasteiger partial charge in [-0.25, -0.2) is 4.79 Å². The van der Waals surface area contributed by atoms with Crippen molar-refractivity contribution in [1.29, 1.82) is 0 Å². The van der Waals surface area contributed by atoms with Gasteiger partial charge in [-0.05, 0) is 12.1 Å². The Balaban J connectivity index is 2.31. The molecule has 0 saturated carbocycles. The highest BCUT2D eigenvalue weighted by atomic mass is 33.1. The number of nitrogens with one attached hydrogen (secondary N) is 1. The van der Waals surface area contributed by atoms with E-state index in [0.29, 0.717) is 11.5 Å². The molecule has 0 aromatic heterocycles. The van der Waals surface area contributed by atoms with Crippen molar-refractivity contribution in [2.45, 2.75) is 6.92 Å². The number of amides is 2. The number of benzene rings is 1. The van der Waals surface area contributed by atoms with Crippen LogP contribution in [-0.4, -0.2) is 42.7 Å². The van der Waals surface area contributed by atoms with E-state index in [2.05, 4.69) is 15.5 Å². The molecule has 136 valence electrons. The minimum atomic E-state index is -0.901. The number of hydrogen-bond acceptors (Lipinski definition) is 10. The summed E-state index contributed by atoms with van der Waals surface area (Å²) < 4.78 is 9.78. The fourth-order valence-electron chi connectivity index (χ4n) is 1.49. The number of ether oxygens (including phenoxy) is 2. The Morgan fingerprint density at radius 1 is 1.12 bits per heavy atom. The van der Waals surface area contributed by atoms with E-state index >= 15 is 0 Å². The van der Waals surface area contributed by atoms with Crippen molar-refractivity contribution in [3.05, 3.63) is 34.7 Å². The SMILES string of the molecule is CC(=O)Oc1ccccc1C(=O)NC(=O)OCCSSCCON=O. The number of rotatable bonds is 10. The highest BCUT2D eigenvalue weighted by molar-refractivity contribution is 8.76. The number of hydrogen-bond donors (Lipinski definition) is 1. The molecule has 0 heterocycles. The van der Waals surface area contributed by atoms with Gasteiger partial charge in [0.05, 0.1) is 5.56 Å². The summed E-state index contributed by atoms with van der Waals surface area (Å²) in [5.74, 6) is -0.202.